The van der Waals surface area contributed by atoms with Crippen molar-refractivity contribution in [1.82, 2.24) is 10.2 Å². The second-order valence-corrected chi connectivity index (χ2v) is 5.72. The zero-order valence-corrected chi connectivity index (χ0v) is 11.9. The fourth-order valence-corrected chi connectivity index (χ4v) is 2.54. The summed E-state index contributed by atoms with van der Waals surface area (Å²) in [5.41, 5.74) is 0. The van der Waals surface area contributed by atoms with Crippen LogP contribution in [0.3, 0.4) is 0 Å². The van der Waals surface area contributed by atoms with Crippen LogP contribution < -0.4 is 5.32 Å². The summed E-state index contributed by atoms with van der Waals surface area (Å²) in [4.78, 5) is 2.43. The van der Waals surface area contributed by atoms with Crippen LogP contribution in [-0.2, 0) is 9.47 Å². The van der Waals surface area contributed by atoms with Gasteiger partial charge in [0.05, 0.1) is 19.3 Å². The van der Waals surface area contributed by atoms with Crippen LogP contribution in [0.5, 0.6) is 0 Å². The first-order chi connectivity index (χ1) is 8.79. The normalized spacial score (nSPS) is 27.3. The number of piperidine rings is 1. The van der Waals surface area contributed by atoms with Crippen LogP contribution in [0.4, 0.5) is 0 Å². The molecule has 0 spiro atoms. The number of nitrogens with one attached hydrogen (secondary N) is 1. The van der Waals surface area contributed by atoms with Crippen LogP contribution in [0.25, 0.3) is 0 Å². The molecule has 2 rings (SSSR count). The maximum absolute atomic E-state index is 6.04. The Balaban J connectivity index is 1.66. The molecule has 2 aliphatic rings. The molecule has 0 aromatic rings. The van der Waals surface area contributed by atoms with Gasteiger partial charge in [0.2, 0.25) is 0 Å². The molecular formula is C14H28N2O2. The zero-order valence-electron chi connectivity index (χ0n) is 11.9. The lowest BCUT2D eigenvalue weighted by atomic mass is 10.0. The molecule has 106 valence electrons. The third kappa shape index (κ3) is 4.84. The first kappa shape index (κ1) is 14.3. The lowest BCUT2D eigenvalue weighted by Gasteiger charge is -2.33. The quantitative estimate of drug-likeness (QED) is 0.709. The molecular weight excluding hydrogens is 228 g/mol. The molecule has 18 heavy (non-hydrogen) atoms. The van der Waals surface area contributed by atoms with Gasteiger partial charge in [-0.15, -0.1) is 0 Å². The maximum Gasteiger partial charge on any atom is 0.0933 e. The molecule has 1 heterocycles. The van der Waals surface area contributed by atoms with E-state index in [2.05, 4.69) is 17.3 Å². The molecule has 0 amide bonds. The molecule has 1 aliphatic heterocycles. The third-order valence-corrected chi connectivity index (χ3v) is 4.01. The Kier molecular flexibility index (Phi) is 5.89. The molecule has 2 atom stereocenters. The first-order valence-corrected chi connectivity index (χ1v) is 7.33. The van der Waals surface area contributed by atoms with Crippen molar-refractivity contribution in [3.05, 3.63) is 0 Å². The lowest BCUT2D eigenvalue weighted by molar-refractivity contribution is -0.0299. The fraction of sp³-hybridized carbons (Fsp3) is 1.00. The van der Waals surface area contributed by atoms with Gasteiger partial charge in [0.1, 0.15) is 0 Å². The number of rotatable bonds is 8. The second-order valence-electron chi connectivity index (χ2n) is 5.72. The predicted molar refractivity (Wildman–Crippen MR) is 72.9 cm³/mol. The van der Waals surface area contributed by atoms with Gasteiger partial charge in [-0.3, -0.25) is 0 Å². The topological polar surface area (TPSA) is 33.7 Å². The summed E-state index contributed by atoms with van der Waals surface area (Å²) in [6.07, 6.45) is 6.79. The van der Waals surface area contributed by atoms with Crippen LogP contribution in [-0.4, -0.2) is 63.5 Å². The van der Waals surface area contributed by atoms with Crippen LogP contribution in [0.1, 0.15) is 32.1 Å². The molecule has 2 unspecified atom stereocenters. The SMILES string of the molecule is COCC(CNC1CC1)OCC1CCCCN1C. The van der Waals surface area contributed by atoms with Crippen molar-refractivity contribution in [2.45, 2.75) is 50.3 Å². The van der Waals surface area contributed by atoms with E-state index in [9.17, 15) is 0 Å². The lowest BCUT2D eigenvalue weighted by Crippen LogP contribution is -2.42. The highest BCUT2D eigenvalue weighted by Gasteiger charge is 2.24. The minimum Gasteiger partial charge on any atom is -0.382 e. The van der Waals surface area contributed by atoms with E-state index in [0.29, 0.717) is 12.6 Å². The summed E-state index contributed by atoms with van der Waals surface area (Å²) >= 11 is 0. The Morgan fingerprint density at radius 2 is 2.11 bits per heavy atom. The average molecular weight is 256 g/mol. The van der Waals surface area contributed by atoms with E-state index in [1.807, 2.05) is 0 Å². The van der Waals surface area contributed by atoms with Crippen LogP contribution in [0.15, 0.2) is 0 Å². The van der Waals surface area contributed by atoms with Crippen molar-refractivity contribution in [2.24, 2.45) is 0 Å². The highest BCUT2D eigenvalue weighted by atomic mass is 16.5. The number of methoxy groups -OCH3 is 1. The van der Waals surface area contributed by atoms with Gasteiger partial charge in [-0.1, -0.05) is 6.42 Å². The molecule has 1 N–H and O–H groups in total. The van der Waals surface area contributed by atoms with Crippen molar-refractivity contribution >= 4 is 0 Å². The smallest absolute Gasteiger partial charge is 0.0933 e. The van der Waals surface area contributed by atoms with E-state index >= 15 is 0 Å². The van der Waals surface area contributed by atoms with Crippen LogP contribution >= 0.6 is 0 Å². The Morgan fingerprint density at radius 3 is 2.78 bits per heavy atom. The third-order valence-electron chi connectivity index (χ3n) is 4.01. The molecule has 0 aromatic carbocycles. The van der Waals surface area contributed by atoms with Gasteiger partial charge in [0.15, 0.2) is 0 Å². The molecule has 0 aromatic heterocycles. The molecule has 1 saturated carbocycles. The van der Waals surface area contributed by atoms with E-state index < -0.39 is 0 Å². The highest BCUT2D eigenvalue weighted by Crippen LogP contribution is 2.19. The number of hydrogen-bond acceptors (Lipinski definition) is 4. The van der Waals surface area contributed by atoms with E-state index in [4.69, 9.17) is 9.47 Å². The minimum absolute atomic E-state index is 0.200. The molecule has 2 fully saturated rings. The van der Waals surface area contributed by atoms with Gasteiger partial charge in [0, 0.05) is 25.7 Å². The first-order valence-electron chi connectivity index (χ1n) is 7.33. The fourth-order valence-electron chi connectivity index (χ4n) is 2.54. The summed E-state index contributed by atoms with van der Waals surface area (Å²) in [6, 6.07) is 1.34. The molecule has 0 radical (unpaired) electrons. The van der Waals surface area contributed by atoms with Crippen LogP contribution in [0, 0.1) is 0 Å². The van der Waals surface area contributed by atoms with Gasteiger partial charge in [-0.05, 0) is 39.3 Å². The van der Waals surface area contributed by atoms with Crippen molar-refractivity contribution in [2.75, 3.05) is 40.5 Å². The Morgan fingerprint density at radius 1 is 1.28 bits per heavy atom. The van der Waals surface area contributed by atoms with Gasteiger partial charge in [0.25, 0.3) is 0 Å². The Labute approximate surface area is 111 Å². The van der Waals surface area contributed by atoms with E-state index in [0.717, 1.165) is 19.2 Å². The average Bonchev–Trinajstić information content (AvgIpc) is 3.18. The zero-order chi connectivity index (χ0) is 12.8. The summed E-state index contributed by atoms with van der Waals surface area (Å²) in [5.74, 6) is 0. The maximum atomic E-state index is 6.04. The highest BCUT2D eigenvalue weighted by molar-refractivity contribution is 4.82. The summed E-state index contributed by atoms with van der Waals surface area (Å²) < 4.78 is 11.3. The standard InChI is InChI=1S/C14H28N2O2/c1-16-8-4-3-5-13(16)10-18-14(11-17-2)9-15-12-6-7-12/h12-15H,3-11H2,1-2H3. The number of likely N-dealkylation sites (N-methyl/N-ethyl adjacent to an activating group) is 1. The molecule has 1 aliphatic carbocycles. The van der Waals surface area contributed by atoms with Crippen molar-refractivity contribution in [3.63, 3.8) is 0 Å². The molecule has 0 bridgehead atoms. The molecule has 4 heteroatoms. The number of ether oxygens (including phenoxy) is 2. The summed E-state index contributed by atoms with van der Waals surface area (Å²) in [7, 11) is 3.96. The van der Waals surface area contributed by atoms with Crippen molar-refractivity contribution in [1.29, 1.82) is 0 Å². The monoisotopic (exact) mass is 256 g/mol. The Bertz CT molecular complexity index is 234. The van der Waals surface area contributed by atoms with E-state index in [-0.39, 0.29) is 6.10 Å². The van der Waals surface area contributed by atoms with Crippen molar-refractivity contribution < 1.29 is 9.47 Å². The largest absolute Gasteiger partial charge is 0.382 e. The molecule has 1 saturated heterocycles. The predicted octanol–water partition coefficient (Wildman–Crippen LogP) is 1.25. The second kappa shape index (κ2) is 7.43. The van der Waals surface area contributed by atoms with Gasteiger partial charge in [-0.25, -0.2) is 0 Å². The molecule has 4 nitrogen and oxygen atoms in total. The number of likely N-dealkylation sites (tertiary alicyclic amines) is 1. The van der Waals surface area contributed by atoms with Gasteiger partial charge < -0.3 is 19.7 Å². The van der Waals surface area contributed by atoms with Gasteiger partial charge >= 0.3 is 0 Å². The minimum atomic E-state index is 0.200. The summed E-state index contributed by atoms with van der Waals surface area (Å²) in [6.45, 7) is 3.67. The number of nitrogens with zero attached hydrogens (tertiary/aromatic N) is 1. The van der Waals surface area contributed by atoms with E-state index in [1.54, 1.807) is 7.11 Å². The van der Waals surface area contributed by atoms with Gasteiger partial charge in [-0.2, -0.15) is 0 Å². The van der Waals surface area contributed by atoms with E-state index in [1.165, 1.54) is 38.6 Å². The Hall–Kier alpha value is -0.160. The van der Waals surface area contributed by atoms with Crippen molar-refractivity contribution in [3.8, 4) is 0 Å². The van der Waals surface area contributed by atoms with Crippen LogP contribution in [0.2, 0.25) is 0 Å². The summed E-state index contributed by atoms with van der Waals surface area (Å²) in [5, 5.41) is 3.52. The number of hydrogen-bond donors (Lipinski definition) is 1.